The van der Waals surface area contributed by atoms with Gasteiger partial charge < -0.3 is 19.7 Å². The fourth-order valence-electron chi connectivity index (χ4n) is 5.96. The van der Waals surface area contributed by atoms with Gasteiger partial charge in [0.2, 0.25) is 11.8 Å². The van der Waals surface area contributed by atoms with Crippen LogP contribution in [0.3, 0.4) is 0 Å². The van der Waals surface area contributed by atoms with Crippen LogP contribution in [0.25, 0.3) is 0 Å². The number of amides is 2. The first-order valence-electron chi connectivity index (χ1n) is 15.9. The van der Waals surface area contributed by atoms with Crippen LogP contribution in [0.2, 0.25) is 0 Å². The van der Waals surface area contributed by atoms with Gasteiger partial charge in [-0.2, -0.15) is 0 Å². The second-order valence-corrected chi connectivity index (χ2v) is 13.5. The molecule has 0 unspecified atom stereocenters. The van der Waals surface area contributed by atoms with Crippen molar-refractivity contribution in [1.82, 2.24) is 10.2 Å². The standard InChI is InChI=1S/C37H40FN3O6S/c1-46-34-22-21-30(24-35(34)47-2)41(48(44,45)31-18-7-4-8-19-31)26-36(42)40(25-28-15-9-12-20-32(28)38)33(23-27-13-5-3-6-14-27)37(43)39-29-16-10-11-17-29/h3-9,12-15,18-22,24,29,33H,10-11,16-17,23,25-26H2,1-2H3,(H,39,43)/t33-/m1/s1. The predicted molar refractivity (Wildman–Crippen MR) is 182 cm³/mol. The molecule has 0 bridgehead atoms. The SMILES string of the molecule is COc1ccc(N(CC(=O)N(Cc2ccccc2F)[C@H](Cc2ccccc2)C(=O)NC2CCCC2)S(=O)(=O)c2ccccc2)cc1OC. The van der Waals surface area contributed by atoms with Crippen molar-refractivity contribution in [2.45, 2.75) is 55.6 Å². The van der Waals surface area contributed by atoms with Gasteiger partial charge in [-0.3, -0.25) is 13.9 Å². The van der Waals surface area contributed by atoms with Crippen molar-refractivity contribution in [3.63, 3.8) is 0 Å². The molecule has 2 amide bonds. The van der Waals surface area contributed by atoms with E-state index in [0.29, 0.717) is 5.75 Å². The van der Waals surface area contributed by atoms with E-state index in [-0.39, 0.29) is 46.8 Å². The summed E-state index contributed by atoms with van der Waals surface area (Å²) >= 11 is 0. The zero-order chi connectivity index (χ0) is 34.1. The minimum absolute atomic E-state index is 0.0342. The first-order valence-corrected chi connectivity index (χ1v) is 17.3. The lowest BCUT2D eigenvalue weighted by Crippen LogP contribution is -2.54. The lowest BCUT2D eigenvalue weighted by molar-refractivity contribution is -0.140. The lowest BCUT2D eigenvalue weighted by atomic mass is 10.0. The molecule has 5 rings (SSSR count). The molecular formula is C37H40FN3O6S. The third-order valence-corrected chi connectivity index (χ3v) is 10.3. The molecular weight excluding hydrogens is 633 g/mol. The second kappa shape index (κ2) is 15.8. The molecule has 1 saturated carbocycles. The van der Waals surface area contributed by atoms with Gasteiger partial charge in [0.05, 0.1) is 24.8 Å². The molecule has 252 valence electrons. The van der Waals surface area contributed by atoms with Crippen LogP contribution in [0, 0.1) is 5.82 Å². The van der Waals surface area contributed by atoms with E-state index < -0.39 is 34.3 Å². The van der Waals surface area contributed by atoms with Gasteiger partial charge in [0.1, 0.15) is 18.4 Å². The number of hydrogen-bond acceptors (Lipinski definition) is 6. The van der Waals surface area contributed by atoms with E-state index in [1.807, 2.05) is 30.3 Å². The van der Waals surface area contributed by atoms with Gasteiger partial charge in [0.25, 0.3) is 10.0 Å². The van der Waals surface area contributed by atoms with Crippen molar-refractivity contribution >= 4 is 27.5 Å². The summed E-state index contributed by atoms with van der Waals surface area (Å²) in [7, 11) is -1.43. The van der Waals surface area contributed by atoms with E-state index in [2.05, 4.69) is 5.32 Å². The number of hydrogen-bond donors (Lipinski definition) is 1. The van der Waals surface area contributed by atoms with Crippen molar-refractivity contribution in [1.29, 1.82) is 0 Å². The summed E-state index contributed by atoms with van der Waals surface area (Å²) in [6.07, 6.45) is 3.77. The smallest absolute Gasteiger partial charge is 0.264 e. The van der Waals surface area contributed by atoms with Gasteiger partial charge in [-0.05, 0) is 48.7 Å². The monoisotopic (exact) mass is 673 g/mol. The average molecular weight is 674 g/mol. The highest BCUT2D eigenvalue weighted by molar-refractivity contribution is 7.92. The largest absolute Gasteiger partial charge is 0.493 e. The van der Waals surface area contributed by atoms with E-state index in [1.165, 1.54) is 49.5 Å². The van der Waals surface area contributed by atoms with Crippen LogP contribution in [-0.4, -0.2) is 58.0 Å². The summed E-state index contributed by atoms with van der Waals surface area (Å²) in [6, 6.07) is 26.5. The van der Waals surface area contributed by atoms with E-state index >= 15 is 4.39 Å². The number of nitrogens with one attached hydrogen (secondary N) is 1. The van der Waals surface area contributed by atoms with Gasteiger partial charge in [0, 0.05) is 30.6 Å². The van der Waals surface area contributed by atoms with Crippen molar-refractivity contribution in [2.24, 2.45) is 0 Å². The quantitative estimate of drug-likeness (QED) is 0.183. The fourth-order valence-corrected chi connectivity index (χ4v) is 7.39. The average Bonchev–Trinajstić information content (AvgIpc) is 3.62. The normalized spacial score (nSPS) is 13.8. The third-order valence-electron chi connectivity index (χ3n) is 8.54. The van der Waals surface area contributed by atoms with E-state index in [4.69, 9.17) is 9.47 Å². The molecule has 0 aromatic heterocycles. The summed E-state index contributed by atoms with van der Waals surface area (Å²) in [5.74, 6) is -0.971. The molecule has 4 aromatic rings. The van der Waals surface area contributed by atoms with E-state index in [1.54, 1.807) is 42.5 Å². The Hall–Kier alpha value is -4.90. The molecule has 1 aliphatic carbocycles. The third kappa shape index (κ3) is 8.14. The highest BCUT2D eigenvalue weighted by Gasteiger charge is 2.36. The molecule has 0 aliphatic heterocycles. The number of benzene rings is 4. The topological polar surface area (TPSA) is 105 Å². The minimum atomic E-state index is -4.32. The highest BCUT2D eigenvalue weighted by Crippen LogP contribution is 2.34. The summed E-state index contributed by atoms with van der Waals surface area (Å²) in [5, 5.41) is 3.11. The van der Waals surface area contributed by atoms with Gasteiger partial charge in [0.15, 0.2) is 11.5 Å². The zero-order valence-electron chi connectivity index (χ0n) is 27.0. The van der Waals surface area contributed by atoms with Crippen LogP contribution in [0.5, 0.6) is 11.5 Å². The Balaban J connectivity index is 1.59. The molecule has 1 atom stereocenters. The highest BCUT2D eigenvalue weighted by atomic mass is 32.2. The van der Waals surface area contributed by atoms with Crippen LogP contribution in [0.15, 0.2) is 108 Å². The summed E-state index contributed by atoms with van der Waals surface area (Å²) in [5.41, 5.74) is 1.14. The van der Waals surface area contributed by atoms with Gasteiger partial charge in [-0.1, -0.05) is 79.6 Å². The maximum atomic E-state index is 15.2. The number of rotatable bonds is 14. The fraction of sp³-hybridized carbons (Fsp3) is 0.297. The van der Waals surface area contributed by atoms with Crippen LogP contribution in [-0.2, 0) is 32.6 Å². The molecule has 0 radical (unpaired) electrons. The maximum absolute atomic E-state index is 15.2. The van der Waals surface area contributed by atoms with Crippen LogP contribution < -0.4 is 19.1 Å². The molecule has 9 nitrogen and oxygen atoms in total. The Morgan fingerprint density at radius 3 is 2.12 bits per heavy atom. The zero-order valence-corrected chi connectivity index (χ0v) is 27.9. The van der Waals surface area contributed by atoms with Crippen molar-refractivity contribution in [3.05, 3.63) is 120 Å². The molecule has 0 saturated heterocycles. The number of ether oxygens (including phenoxy) is 2. The van der Waals surface area contributed by atoms with Gasteiger partial charge in [-0.15, -0.1) is 0 Å². The number of carbonyl (C=O) groups is 2. The first-order chi connectivity index (χ1) is 23.2. The molecule has 0 spiro atoms. The lowest BCUT2D eigenvalue weighted by Gasteiger charge is -2.34. The Labute approximate surface area is 281 Å². The summed E-state index contributed by atoms with van der Waals surface area (Å²) in [4.78, 5) is 30.0. The molecule has 48 heavy (non-hydrogen) atoms. The number of methoxy groups -OCH3 is 2. The van der Waals surface area contributed by atoms with Crippen molar-refractivity contribution in [2.75, 3.05) is 25.1 Å². The first kappa shape index (κ1) is 34.4. The molecule has 1 N–H and O–H groups in total. The number of anilines is 1. The van der Waals surface area contributed by atoms with Crippen LogP contribution >= 0.6 is 0 Å². The summed E-state index contributed by atoms with van der Waals surface area (Å²) < 4.78 is 55.4. The molecule has 1 aliphatic rings. The molecule has 0 heterocycles. The second-order valence-electron chi connectivity index (χ2n) is 11.7. The van der Waals surface area contributed by atoms with Gasteiger partial charge >= 0.3 is 0 Å². The Morgan fingerprint density at radius 1 is 0.854 bits per heavy atom. The number of halogens is 1. The Morgan fingerprint density at radius 2 is 1.48 bits per heavy atom. The number of carbonyl (C=O) groups excluding carboxylic acids is 2. The van der Waals surface area contributed by atoms with E-state index in [9.17, 15) is 18.0 Å². The van der Waals surface area contributed by atoms with Crippen molar-refractivity contribution < 1.29 is 31.9 Å². The number of nitrogens with zero attached hydrogens (tertiary/aromatic N) is 2. The maximum Gasteiger partial charge on any atom is 0.264 e. The Kier molecular flexibility index (Phi) is 11.3. The Bertz CT molecular complexity index is 1800. The minimum Gasteiger partial charge on any atom is -0.493 e. The number of sulfonamides is 1. The van der Waals surface area contributed by atoms with Crippen LogP contribution in [0.1, 0.15) is 36.8 Å². The van der Waals surface area contributed by atoms with E-state index in [0.717, 1.165) is 35.6 Å². The molecule has 1 fully saturated rings. The predicted octanol–water partition coefficient (Wildman–Crippen LogP) is 5.74. The molecule has 11 heteroatoms. The van der Waals surface area contributed by atoms with Gasteiger partial charge in [-0.25, -0.2) is 12.8 Å². The molecule has 4 aromatic carbocycles. The van der Waals surface area contributed by atoms with Crippen molar-refractivity contribution in [3.8, 4) is 11.5 Å². The van der Waals surface area contributed by atoms with Crippen LogP contribution in [0.4, 0.5) is 10.1 Å². The summed E-state index contributed by atoms with van der Waals surface area (Å²) in [6.45, 7) is -0.935.